The van der Waals surface area contributed by atoms with Gasteiger partial charge in [0.05, 0.1) is 24.7 Å². The highest BCUT2D eigenvalue weighted by molar-refractivity contribution is 5.66. The van der Waals surface area contributed by atoms with Crippen molar-refractivity contribution in [1.29, 1.82) is 0 Å². The molecule has 6 nitrogen and oxygen atoms in total. The van der Waals surface area contributed by atoms with Crippen molar-refractivity contribution < 1.29 is 9.13 Å². The van der Waals surface area contributed by atoms with E-state index < -0.39 is 0 Å². The van der Waals surface area contributed by atoms with Crippen LogP contribution >= 0.6 is 0 Å². The summed E-state index contributed by atoms with van der Waals surface area (Å²) in [6, 6.07) is 12.2. The predicted octanol–water partition coefficient (Wildman–Crippen LogP) is 4.16. The molecule has 0 saturated heterocycles. The maximum atomic E-state index is 13.4. The van der Waals surface area contributed by atoms with Crippen LogP contribution in [0.4, 0.5) is 4.39 Å². The van der Waals surface area contributed by atoms with E-state index in [-0.39, 0.29) is 5.82 Å². The standard InChI is InChI=1S/C21H18FN5O/c1-13-10-16(22)5-7-18(13)19-8-4-15(11-23-19)21-26-25-14(2)27(21)17-6-9-20(28-3)24-12-17/h4-12H,1-3H3. The van der Waals surface area contributed by atoms with Gasteiger partial charge < -0.3 is 4.74 Å². The summed E-state index contributed by atoms with van der Waals surface area (Å²) < 4.78 is 20.4. The Labute approximate surface area is 161 Å². The number of methoxy groups -OCH3 is 1. The zero-order chi connectivity index (χ0) is 19.7. The van der Waals surface area contributed by atoms with Crippen molar-refractivity contribution >= 4 is 0 Å². The van der Waals surface area contributed by atoms with Crippen LogP contribution in [0.15, 0.2) is 54.9 Å². The molecule has 0 N–H and O–H groups in total. The fourth-order valence-corrected chi connectivity index (χ4v) is 3.08. The maximum absolute atomic E-state index is 13.4. The molecule has 0 unspecified atom stereocenters. The molecule has 0 radical (unpaired) electrons. The highest BCUT2D eigenvalue weighted by Gasteiger charge is 2.14. The molecule has 140 valence electrons. The van der Waals surface area contributed by atoms with Crippen molar-refractivity contribution in [3.05, 3.63) is 72.1 Å². The molecule has 4 aromatic rings. The van der Waals surface area contributed by atoms with Gasteiger partial charge in [0, 0.05) is 23.4 Å². The van der Waals surface area contributed by atoms with Gasteiger partial charge in [0.15, 0.2) is 5.82 Å². The van der Waals surface area contributed by atoms with E-state index in [0.717, 1.165) is 33.9 Å². The van der Waals surface area contributed by atoms with Gasteiger partial charge in [-0.25, -0.2) is 9.37 Å². The lowest BCUT2D eigenvalue weighted by molar-refractivity contribution is 0.398. The van der Waals surface area contributed by atoms with Gasteiger partial charge >= 0.3 is 0 Å². The van der Waals surface area contributed by atoms with Gasteiger partial charge in [-0.1, -0.05) is 0 Å². The first kappa shape index (κ1) is 17.8. The van der Waals surface area contributed by atoms with E-state index in [1.165, 1.54) is 12.1 Å². The van der Waals surface area contributed by atoms with E-state index in [1.54, 1.807) is 31.6 Å². The molecule has 7 heteroatoms. The number of nitrogens with zero attached hydrogens (tertiary/aromatic N) is 5. The van der Waals surface area contributed by atoms with Crippen molar-refractivity contribution in [3.63, 3.8) is 0 Å². The molecular weight excluding hydrogens is 357 g/mol. The summed E-state index contributed by atoms with van der Waals surface area (Å²) >= 11 is 0. The molecule has 0 saturated carbocycles. The minimum absolute atomic E-state index is 0.255. The first-order valence-corrected chi connectivity index (χ1v) is 8.72. The fraction of sp³-hybridized carbons (Fsp3) is 0.143. The first-order chi connectivity index (χ1) is 13.6. The third-order valence-electron chi connectivity index (χ3n) is 4.50. The Hall–Kier alpha value is -3.61. The molecule has 0 fully saturated rings. The summed E-state index contributed by atoms with van der Waals surface area (Å²) in [5.74, 6) is 1.69. The first-order valence-electron chi connectivity index (χ1n) is 8.72. The topological polar surface area (TPSA) is 65.7 Å². The molecule has 1 aromatic carbocycles. The molecule has 0 bridgehead atoms. The molecule has 4 rings (SSSR count). The smallest absolute Gasteiger partial charge is 0.213 e. The summed E-state index contributed by atoms with van der Waals surface area (Å²) in [6.45, 7) is 3.75. The Morgan fingerprint density at radius 3 is 2.43 bits per heavy atom. The quantitative estimate of drug-likeness (QED) is 0.536. The molecule has 0 aliphatic carbocycles. The third kappa shape index (κ3) is 3.22. The summed E-state index contributed by atoms with van der Waals surface area (Å²) in [5, 5.41) is 8.50. The monoisotopic (exact) mass is 375 g/mol. The van der Waals surface area contributed by atoms with Crippen molar-refractivity contribution in [2.45, 2.75) is 13.8 Å². The second-order valence-electron chi connectivity index (χ2n) is 6.36. The van der Waals surface area contributed by atoms with E-state index >= 15 is 0 Å². The van der Waals surface area contributed by atoms with Crippen LogP contribution in [0, 0.1) is 19.7 Å². The number of halogens is 1. The van der Waals surface area contributed by atoms with Gasteiger partial charge in [-0.2, -0.15) is 0 Å². The SMILES string of the molecule is COc1ccc(-n2c(C)nnc2-c2ccc(-c3ccc(F)cc3C)nc2)cn1. The molecular formula is C21H18FN5O. The summed E-state index contributed by atoms with van der Waals surface area (Å²) in [4.78, 5) is 8.80. The lowest BCUT2D eigenvalue weighted by atomic mass is 10.0. The average molecular weight is 375 g/mol. The number of benzene rings is 1. The highest BCUT2D eigenvalue weighted by Crippen LogP contribution is 2.26. The molecule has 0 atom stereocenters. The predicted molar refractivity (Wildman–Crippen MR) is 104 cm³/mol. The van der Waals surface area contributed by atoms with Crippen LogP contribution in [-0.2, 0) is 0 Å². The average Bonchev–Trinajstić information content (AvgIpc) is 3.10. The van der Waals surface area contributed by atoms with Crippen molar-refractivity contribution in [2.75, 3.05) is 7.11 Å². The molecule has 28 heavy (non-hydrogen) atoms. The Morgan fingerprint density at radius 2 is 1.79 bits per heavy atom. The van der Waals surface area contributed by atoms with Gasteiger partial charge in [-0.3, -0.25) is 9.55 Å². The Balaban J connectivity index is 1.72. The van der Waals surface area contributed by atoms with Crippen LogP contribution in [-0.4, -0.2) is 31.8 Å². The lowest BCUT2D eigenvalue weighted by Crippen LogP contribution is -2.01. The van der Waals surface area contributed by atoms with Gasteiger partial charge in [-0.15, -0.1) is 10.2 Å². The van der Waals surface area contributed by atoms with Gasteiger partial charge in [-0.05, 0) is 55.8 Å². The van der Waals surface area contributed by atoms with E-state index in [1.807, 2.05) is 36.6 Å². The number of hydrogen-bond acceptors (Lipinski definition) is 5. The van der Waals surface area contributed by atoms with Crippen LogP contribution < -0.4 is 4.74 Å². The lowest BCUT2D eigenvalue weighted by Gasteiger charge is -2.10. The molecule has 0 aliphatic heterocycles. The van der Waals surface area contributed by atoms with Crippen LogP contribution in [0.1, 0.15) is 11.4 Å². The Morgan fingerprint density at radius 1 is 0.929 bits per heavy atom. The molecule has 0 aliphatic rings. The number of hydrogen-bond donors (Lipinski definition) is 0. The van der Waals surface area contributed by atoms with Crippen LogP contribution in [0.3, 0.4) is 0 Å². The number of ether oxygens (including phenoxy) is 1. The Bertz CT molecular complexity index is 1120. The molecule has 3 aromatic heterocycles. The van der Waals surface area contributed by atoms with E-state index in [9.17, 15) is 4.39 Å². The van der Waals surface area contributed by atoms with Crippen LogP contribution in [0.2, 0.25) is 0 Å². The third-order valence-corrected chi connectivity index (χ3v) is 4.50. The normalized spacial score (nSPS) is 10.9. The minimum atomic E-state index is -0.255. The van der Waals surface area contributed by atoms with Gasteiger partial charge in [0.2, 0.25) is 5.88 Å². The summed E-state index contributed by atoms with van der Waals surface area (Å²) in [7, 11) is 1.58. The van der Waals surface area contributed by atoms with Gasteiger partial charge in [0.1, 0.15) is 11.6 Å². The zero-order valence-electron chi connectivity index (χ0n) is 15.7. The Kier molecular flexibility index (Phi) is 4.57. The summed E-state index contributed by atoms with van der Waals surface area (Å²) in [6.07, 6.45) is 3.46. The fourth-order valence-electron chi connectivity index (χ4n) is 3.08. The molecule has 0 amide bonds. The molecule has 3 heterocycles. The number of aromatic nitrogens is 5. The van der Waals surface area contributed by atoms with Crippen molar-refractivity contribution in [2.24, 2.45) is 0 Å². The zero-order valence-corrected chi connectivity index (χ0v) is 15.7. The number of pyridine rings is 2. The van der Waals surface area contributed by atoms with Crippen molar-refractivity contribution in [1.82, 2.24) is 24.7 Å². The highest BCUT2D eigenvalue weighted by atomic mass is 19.1. The van der Waals surface area contributed by atoms with E-state index in [2.05, 4.69) is 20.2 Å². The van der Waals surface area contributed by atoms with Crippen LogP contribution in [0.25, 0.3) is 28.3 Å². The maximum Gasteiger partial charge on any atom is 0.213 e. The van der Waals surface area contributed by atoms with Gasteiger partial charge in [0.25, 0.3) is 0 Å². The van der Waals surface area contributed by atoms with E-state index in [0.29, 0.717) is 11.7 Å². The van der Waals surface area contributed by atoms with Crippen molar-refractivity contribution in [3.8, 4) is 34.2 Å². The number of aryl methyl sites for hydroxylation is 2. The van der Waals surface area contributed by atoms with Crippen LogP contribution in [0.5, 0.6) is 5.88 Å². The number of rotatable bonds is 4. The largest absolute Gasteiger partial charge is 0.481 e. The summed E-state index contributed by atoms with van der Waals surface area (Å²) in [5.41, 5.74) is 4.15. The minimum Gasteiger partial charge on any atom is -0.481 e. The van der Waals surface area contributed by atoms with E-state index in [4.69, 9.17) is 4.74 Å². The second-order valence-corrected chi connectivity index (χ2v) is 6.36. The molecule has 0 spiro atoms. The second kappa shape index (κ2) is 7.19.